The SMILES string of the molecule is CC(=O)c1nnc(Cl)cc1Nc1cccc(C(C)(C)C)n1. The number of hydrogen-bond donors (Lipinski definition) is 1. The summed E-state index contributed by atoms with van der Waals surface area (Å²) < 4.78 is 0. The number of ketones is 1. The maximum Gasteiger partial charge on any atom is 0.182 e. The van der Waals surface area contributed by atoms with Gasteiger partial charge in [0.25, 0.3) is 0 Å². The van der Waals surface area contributed by atoms with Gasteiger partial charge in [0.15, 0.2) is 16.6 Å². The first-order valence-electron chi connectivity index (χ1n) is 6.56. The van der Waals surface area contributed by atoms with Crippen LogP contribution in [0, 0.1) is 0 Å². The van der Waals surface area contributed by atoms with Crippen LogP contribution in [0.4, 0.5) is 11.5 Å². The van der Waals surface area contributed by atoms with Crippen LogP contribution in [0.5, 0.6) is 0 Å². The number of halogens is 1. The number of carbonyl (C=O) groups excluding carboxylic acids is 1. The molecule has 0 radical (unpaired) electrons. The van der Waals surface area contributed by atoms with E-state index >= 15 is 0 Å². The van der Waals surface area contributed by atoms with Crippen molar-refractivity contribution in [1.82, 2.24) is 15.2 Å². The van der Waals surface area contributed by atoms with Crippen LogP contribution in [0.1, 0.15) is 43.9 Å². The quantitative estimate of drug-likeness (QED) is 0.874. The third kappa shape index (κ3) is 3.76. The Morgan fingerprint density at radius 2 is 1.95 bits per heavy atom. The van der Waals surface area contributed by atoms with Crippen LogP contribution in [0.3, 0.4) is 0 Å². The molecule has 0 saturated carbocycles. The smallest absolute Gasteiger partial charge is 0.182 e. The van der Waals surface area contributed by atoms with Crippen LogP contribution in [0.25, 0.3) is 0 Å². The molecule has 6 heteroatoms. The van der Waals surface area contributed by atoms with Gasteiger partial charge >= 0.3 is 0 Å². The minimum absolute atomic E-state index is 0.0603. The summed E-state index contributed by atoms with van der Waals surface area (Å²) in [6.45, 7) is 7.70. The molecule has 21 heavy (non-hydrogen) atoms. The van der Waals surface area contributed by atoms with E-state index in [-0.39, 0.29) is 22.0 Å². The molecule has 2 aromatic heterocycles. The van der Waals surface area contributed by atoms with Crippen molar-refractivity contribution < 1.29 is 4.79 Å². The van der Waals surface area contributed by atoms with Crippen molar-refractivity contribution >= 4 is 28.9 Å². The topological polar surface area (TPSA) is 67.8 Å². The van der Waals surface area contributed by atoms with E-state index in [0.717, 1.165) is 5.69 Å². The van der Waals surface area contributed by atoms with E-state index in [2.05, 4.69) is 41.3 Å². The summed E-state index contributed by atoms with van der Waals surface area (Å²) in [5.41, 5.74) is 1.63. The van der Waals surface area contributed by atoms with Gasteiger partial charge < -0.3 is 5.32 Å². The third-order valence-electron chi connectivity index (χ3n) is 2.88. The standard InChI is InChI=1S/C15H17ClN4O/c1-9(21)14-10(8-12(16)19-20-14)17-13-7-5-6-11(18-13)15(2,3)4/h5-8H,1-4H3,(H,17,18,19). The molecule has 0 spiro atoms. The van der Waals surface area contributed by atoms with Crippen molar-refractivity contribution in [3.05, 3.63) is 40.8 Å². The second-order valence-electron chi connectivity index (χ2n) is 5.77. The molecule has 110 valence electrons. The summed E-state index contributed by atoms with van der Waals surface area (Å²) in [7, 11) is 0. The summed E-state index contributed by atoms with van der Waals surface area (Å²) in [6, 6.07) is 7.28. The van der Waals surface area contributed by atoms with Gasteiger partial charge in [-0.15, -0.1) is 10.2 Å². The van der Waals surface area contributed by atoms with E-state index in [1.54, 1.807) is 6.07 Å². The number of rotatable bonds is 3. The van der Waals surface area contributed by atoms with Crippen molar-refractivity contribution in [2.24, 2.45) is 0 Å². The Hall–Kier alpha value is -2.01. The second kappa shape index (κ2) is 5.77. The molecule has 1 N–H and O–H groups in total. The molecule has 2 aromatic rings. The van der Waals surface area contributed by atoms with Gasteiger partial charge in [0.2, 0.25) is 0 Å². The summed E-state index contributed by atoms with van der Waals surface area (Å²) in [5.74, 6) is 0.447. The highest BCUT2D eigenvalue weighted by Crippen LogP contribution is 2.24. The Morgan fingerprint density at radius 3 is 2.57 bits per heavy atom. The summed E-state index contributed by atoms with van der Waals surface area (Å²) in [4.78, 5) is 16.1. The van der Waals surface area contributed by atoms with E-state index in [1.165, 1.54) is 6.92 Å². The molecule has 2 heterocycles. The van der Waals surface area contributed by atoms with Crippen molar-refractivity contribution in [1.29, 1.82) is 0 Å². The zero-order chi connectivity index (χ0) is 15.6. The Morgan fingerprint density at radius 1 is 1.24 bits per heavy atom. The minimum Gasteiger partial charge on any atom is -0.338 e. The predicted octanol–water partition coefficient (Wildman–Crippen LogP) is 3.77. The van der Waals surface area contributed by atoms with Crippen LogP contribution in [0.2, 0.25) is 5.15 Å². The number of nitrogens with one attached hydrogen (secondary N) is 1. The number of anilines is 2. The van der Waals surface area contributed by atoms with Gasteiger partial charge in [-0.3, -0.25) is 4.79 Å². The van der Waals surface area contributed by atoms with Gasteiger partial charge in [0, 0.05) is 24.1 Å². The molecular weight excluding hydrogens is 288 g/mol. The van der Waals surface area contributed by atoms with Crippen LogP contribution < -0.4 is 5.32 Å². The molecule has 0 saturated heterocycles. The highest BCUT2D eigenvalue weighted by atomic mass is 35.5. The van der Waals surface area contributed by atoms with Crippen LogP contribution in [-0.2, 0) is 5.41 Å². The maximum atomic E-state index is 11.6. The molecule has 0 unspecified atom stereocenters. The van der Waals surface area contributed by atoms with E-state index in [0.29, 0.717) is 11.5 Å². The maximum absolute atomic E-state index is 11.6. The molecule has 0 fully saturated rings. The van der Waals surface area contributed by atoms with Gasteiger partial charge in [0.1, 0.15) is 5.82 Å². The van der Waals surface area contributed by atoms with Crippen LogP contribution >= 0.6 is 11.6 Å². The molecule has 0 amide bonds. The average Bonchev–Trinajstić information content (AvgIpc) is 2.37. The fraction of sp³-hybridized carbons (Fsp3) is 0.333. The third-order valence-corrected chi connectivity index (χ3v) is 3.06. The van der Waals surface area contributed by atoms with Crippen LogP contribution in [-0.4, -0.2) is 21.0 Å². The Kier molecular flexibility index (Phi) is 4.23. The molecule has 0 aromatic carbocycles. The van der Waals surface area contributed by atoms with E-state index in [9.17, 15) is 4.79 Å². The molecule has 0 aliphatic rings. The summed E-state index contributed by atoms with van der Waals surface area (Å²) in [6.07, 6.45) is 0. The number of carbonyl (C=O) groups is 1. The van der Waals surface area contributed by atoms with Crippen LogP contribution in [0.15, 0.2) is 24.3 Å². The highest BCUT2D eigenvalue weighted by Gasteiger charge is 2.16. The number of hydrogen-bond acceptors (Lipinski definition) is 5. The lowest BCUT2D eigenvalue weighted by Gasteiger charge is -2.18. The average molecular weight is 305 g/mol. The van der Waals surface area contributed by atoms with E-state index in [4.69, 9.17) is 11.6 Å². The molecule has 0 atom stereocenters. The van der Waals surface area contributed by atoms with E-state index < -0.39 is 0 Å². The molecule has 5 nitrogen and oxygen atoms in total. The van der Waals surface area contributed by atoms with Gasteiger partial charge in [0.05, 0.1) is 5.69 Å². The molecular formula is C15H17ClN4O. The summed E-state index contributed by atoms with van der Waals surface area (Å²) in [5, 5.41) is 10.8. The largest absolute Gasteiger partial charge is 0.338 e. The zero-order valence-corrected chi connectivity index (χ0v) is 13.2. The lowest BCUT2D eigenvalue weighted by Crippen LogP contribution is -2.14. The van der Waals surface area contributed by atoms with Crippen molar-refractivity contribution in [3.63, 3.8) is 0 Å². The van der Waals surface area contributed by atoms with Gasteiger partial charge in [-0.2, -0.15) is 0 Å². The first-order valence-corrected chi connectivity index (χ1v) is 6.94. The zero-order valence-electron chi connectivity index (χ0n) is 12.4. The number of nitrogens with zero attached hydrogens (tertiary/aromatic N) is 3. The Bertz CT molecular complexity index is 680. The first-order chi connectivity index (χ1) is 9.77. The van der Waals surface area contributed by atoms with Gasteiger partial charge in [-0.25, -0.2) is 4.98 Å². The van der Waals surface area contributed by atoms with E-state index in [1.807, 2.05) is 18.2 Å². The van der Waals surface area contributed by atoms with Crippen molar-refractivity contribution in [3.8, 4) is 0 Å². The summed E-state index contributed by atoms with van der Waals surface area (Å²) >= 11 is 5.85. The van der Waals surface area contributed by atoms with Gasteiger partial charge in [-0.1, -0.05) is 38.4 Å². The molecule has 0 aliphatic carbocycles. The second-order valence-corrected chi connectivity index (χ2v) is 6.16. The number of Topliss-reactive ketones (excluding diaryl/α,β-unsaturated/α-hetero) is 1. The fourth-order valence-electron chi connectivity index (χ4n) is 1.78. The number of aromatic nitrogens is 3. The molecule has 2 rings (SSSR count). The first kappa shape index (κ1) is 15.4. The Balaban J connectivity index is 2.39. The fourth-order valence-corrected chi connectivity index (χ4v) is 1.93. The normalized spacial score (nSPS) is 11.3. The lowest BCUT2D eigenvalue weighted by atomic mass is 9.92. The molecule has 0 aliphatic heterocycles. The van der Waals surface area contributed by atoms with Gasteiger partial charge in [-0.05, 0) is 12.1 Å². The number of pyridine rings is 1. The van der Waals surface area contributed by atoms with Crippen molar-refractivity contribution in [2.75, 3.05) is 5.32 Å². The molecule has 0 bridgehead atoms. The minimum atomic E-state index is -0.186. The highest BCUT2D eigenvalue weighted by molar-refractivity contribution is 6.29. The lowest BCUT2D eigenvalue weighted by molar-refractivity contribution is 0.101. The Labute approximate surface area is 128 Å². The monoisotopic (exact) mass is 304 g/mol. The van der Waals surface area contributed by atoms with Crippen molar-refractivity contribution in [2.45, 2.75) is 33.1 Å². The predicted molar refractivity (Wildman–Crippen MR) is 83.3 cm³/mol.